The number of carbonyl (C=O) groups is 2. The van der Waals surface area contributed by atoms with Gasteiger partial charge in [0.05, 0.1) is 7.11 Å². The van der Waals surface area contributed by atoms with E-state index in [0.29, 0.717) is 25.1 Å². The number of hydrogen-bond acceptors (Lipinski definition) is 4. The molecule has 174 valence electrons. The van der Waals surface area contributed by atoms with Gasteiger partial charge in [0.1, 0.15) is 11.8 Å². The third kappa shape index (κ3) is 7.90. The molecule has 0 fully saturated rings. The van der Waals surface area contributed by atoms with Gasteiger partial charge in [0.25, 0.3) is 0 Å². The molecule has 0 bridgehead atoms. The van der Waals surface area contributed by atoms with Crippen molar-refractivity contribution < 1.29 is 14.3 Å². The number of ether oxygens (including phenoxy) is 1. The summed E-state index contributed by atoms with van der Waals surface area (Å²) < 4.78 is 5.24. The van der Waals surface area contributed by atoms with Crippen molar-refractivity contribution in [3.8, 4) is 5.75 Å². The van der Waals surface area contributed by atoms with Crippen LogP contribution in [0.1, 0.15) is 51.2 Å². The fraction of sp³-hybridized carbons (Fsp3) is 0.462. The topological polar surface area (TPSA) is 58.6 Å². The first-order valence-electron chi connectivity index (χ1n) is 11.3. The van der Waals surface area contributed by atoms with Crippen LogP contribution in [-0.2, 0) is 16.1 Å². The Bertz CT molecular complexity index is 852. The molecular formula is C26H36N2O3S. The number of carbonyl (C=O) groups excluding carboxylic acids is 2. The molecule has 2 rings (SSSR count). The monoisotopic (exact) mass is 456 g/mol. The molecule has 0 aliphatic rings. The predicted molar refractivity (Wildman–Crippen MR) is 132 cm³/mol. The Kier molecular flexibility index (Phi) is 10.6. The predicted octanol–water partition coefficient (Wildman–Crippen LogP) is 5.21. The molecule has 2 atom stereocenters. The van der Waals surface area contributed by atoms with E-state index in [2.05, 4.69) is 36.5 Å². The summed E-state index contributed by atoms with van der Waals surface area (Å²) in [6.45, 7) is 8.43. The van der Waals surface area contributed by atoms with Gasteiger partial charge in [-0.05, 0) is 56.5 Å². The lowest BCUT2D eigenvalue weighted by atomic mass is 10.1. The minimum atomic E-state index is -0.497. The smallest absolute Gasteiger partial charge is 0.243 e. The fourth-order valence-corrected chi connectivity index (χ4v) is 4.16. The second-order valence-corrected chi connectivity index (χ2v) is 9.19. The first kappa shape index (κ1) is 25.8. The van der Waals surface area contributed by atoms with E-state index in [4.69, 9.17) is 4.74 Å². The lowest BCUT2D eigenvalue weighted by Gasteiger charge is -2.31. The number of benzene rings is 2. The van der Waals surface area contributed by atoms with Crippen molar-refractivity contribution in [1.29, 1.82) is 0 Å². The van der Waals surface area contributed by atoms with Crippen LogP contribution in [0.25, 0.3) is 0 Å². The minimum Gasteiger partial charge on any atom is -0.497 e. The Labute approximate surface area is 196 Å². The zero-order valence-electron chi connectivity index (χ0n) is 19.9. The van der Waals surface area contributed by atoms with Crippen LogP contribution in [0.5, 0.6) is 5.75 Å². The summed E-state index contributed by atoms with van der Waals surface area (Å²) in [5, 5.41) is 3.05. The van der Waals surface area contributed by atoms with Gasteiger partial charge in [-0.25, -0.2) is 0 Å². The van der Waals surface area contributed by atoms with Crippen molar-refractivity contribution in [2.45, 2.75) is 70.5 Å². The number of hydrogen-bond donors (Lipinski definition) is 1. The average molecular weight is 457 g/mol. The second-order valence-electron chi connectivity index (χ2n) is 8.02. The number of thioether (sulfide) groups is 1. The molecule has 0 saturated heterocycles. The molecule has 32 heavy (non-hydrogen) atoms. The standard InChI is InChI=1S/C26H36N2O3S/c1-6-20(4)27-26(30)24(7-2)28(18-21-10-12-22(31-5)13-11-21)25(29)16-17-32-23-14-8-19(3)9-15-23/h8-15,20,24H,6-7,16-18H2,1-5H3,(H,27,30). The van der Waals surface area contributed by atoms with Crippen molar-refractivity contribution in [3.63, 3.8) is 0 Å². The van der Waals surface area contributed by atoms with Crippen molar-refractivity contribution in [1.82, 2.24) is 10.2 Å². The van der Waals surface area contributed by atoms with Crippen LogP contribution >= 0.6 is 11.8 Å². The number of methoxy groups -OCH3 is 1. The molecule has 2 unspecified atom stereocenters. The maximum Gasteiger partial charge on any atom is 0.243 e. The lowest BCUT2D eigenvalue weighted by molar-refractivity contribution is -0.141. The van der Waals surface area contributed by atoms with Gasteiger partial charge in [-0.2, -0.15) is 0 Å². The van der Waals surface area contributed by atoms with Crippen molar-refractivity contribution in [2.24, 2.45) is 0 Å². The number of rotatable bonds is 12. The summed E-state index contributed by atoms with van der Waals surface area (Å²) in [6.07, 6.45) is 1.79. The molecule has 2 aromatic carbocycles. The fourth-order valence-electron chi connectivity index (χ4n) is 3.32. The maximum atomic E-state index is 13.3. The van der Waals surface area contributed by atoms with Gasteiger partial charge >= 0.3 is 0 Å². The van der Waals surface area contributed by atoms with E-state index in [1.54, 1.807) is 23.8 Å². The van der Waals surface area contributed by atoms with E-state index in [1.165, 1.54) is 5.56 Å². The van der Waals surface area contributed by atoms with E-state index < -0.39 is 6.04 Å². The van der Waals surface area contributed by atoms with E-state index in [9.17, 15) is 9.59 Å². The molecule has 0 aliphatic carbocycles. The normalized spacial score (nSPS) is 12.7. The highest BCUT2D eigenvalue weighted by Crippen LogP contribution is 2.21. The van der Waals surface area contributed by atoms with Gasteiger partial charge in [0, 0.05) is 29.7 Å². The third-order valence-electron chi connectivity index (χ3n) is 5.50. The molecule has 2 amide bonds. The largest absolute Gasteiger partial charge is 0.497 e. The first-order chi connectivity index (χ1) is 15.4. The van der Waals surface area contributed by atoms with Crippen LogP contribution in [0.3, 0.4) is 0 Å². The Morgan fingerprint density at radius 2 is 1.69 bits per heavy atom. The summed E-state index contributed by atoms with van der Waals surface area (Å²) in [5.41, 5.74) is 2.19. The summed E-state index contributed by atoms with van der Waals surface area (Å²) >= 11 is 1.66. The lowest BCUT2D eigenvalue weighted by Crippen LogP contribution is -2.50. The summed E-state index contributed by atoms with van der Waals surface area (Å²) in [4.78, 5) is 29.1. The SMILES string of the molecule is CCC(C)NC(=O)C(CC)N(Cc1ccc(OC)cc1)C(=O)CCSc1ccc(C)cc1. The zero-order chi connectivity index (χ0) is 23.5. The molecule has 2 aromatic rings. The van der Waals surface area contributed by atoms with Crippen LogP contribution in [0.4, 0.5) is 0 Å². The zero-order valence-corrected chi connectivity index (χ0v) is 20.7. The maximum absolute atomic E-state index is 13.3. The Morgan fingerprint density at radius 1 is 1.03 bits per heavy atom. The highest BCUT2D eigenvalue weighted by atomic mass is 32.2. The second kappa shape index (κ2) is 13.2. The van der Waals surface area contributed by atoms with Crippen molar-refractivity contribution in [3.05, 3.63) is 59.7 Å². The number of nitrogens with one attached hydrogen (secondary N) is 1. The van der Waals surface area contributed by atoms with Gasteiger partial charge in [0.2, 0.25) is 11.8 Å². The van der Waals surface area contributed by atoms with Crippen LogP contribution in [0.15, 0.2) is 53.4 Å². The van der Waals surface area contributed by atoms with Crippen LogP contribution in [-0.4, -0.2) is 41.7 Å². The van der Waals surface area contributed by atoms with Crippen LogP contribution in [0, 0.1) is 6.92 Å². The third-order valence-corrected chi connectivity index (χ3v) is 6.52. The van der Waals surface area contributed by atoms with E-state index in [-0.39, 0.29) is 17.9 Å². The quantitative estimate of drug-likeness (QED) is 0.446. The number of aryl methyl sites for hydroxylation is 1. The Hall–Kier alpha value is -2.47. The van der Waals surface area contributed by atoms with Crippen LogP contribution in [0.2, 0.25) is 0 Å². The molecule has 5 nitrogen and oxygen atoms in total. The molecule has 0 heterocycles. The highest BCUT2D eigenvalue weighted by molar-refractivity contribution is 7.99. The first-order valence-corrected chi connectivity index (χ1v) is 12.3. The molecule has 0 spiro atoms. The van der Waals surface area contributed by atoms with Crippen molar-refractivity contribution >= 4 is 23.6 Å². The van der Waals surface area contributed by atoms with Gasteiger partial charge in [0.15, 0.2) is 0 Å². The Morgan fingerprint density at radius 3 is 2.25 bits per heavy atom. The molecule has 0 radical (unpaired) electrons. The molecule has 0 aromatic heterocycles. The summed E-state index contributed by atoms with van der Waals surface area (Å²) in [6, 6.07) is 15.5. The van der Waals surface area contributed by atoms with E-state index in [0.717, 1.165) is 22.6 Å². The molecular weight excluding hydrogens is 420 g/mol. The van der Waals surface area contributed by atoms with Gasteiger partial charge < -0.3 is 15.0 Å². The molecule has 0 saturated carbocycles. The van der Waals surface area contributed by atoms with E-state index in [1.807, 2.05) is 45.0 Å². The highest BCUT2D eigenvalue weighted by Gasteiger charge is 2.29. The average Bonchev–Trinajstić information content (AvgIpc) is 2.80. The Balaban J connectivity index is 2.13. The molecule has 1 N–H and O–H groups in total. The van der Waals surface area contributed by atoms with Gasteiger partial charge in [-0.3, -0.25) is 9.59 Å². The number of nitrogens with zero attached hydrogens (tertiary/aromatic N) is 1. The molecule has 6 heteroatoms. The van der Waals surface area contributed by atoms with Crippen molar-refractivity contribution in [2.75, 3.05) is 12.9 Å². The van der Waals surface area contributed by atoms with Gasteiger partial charge in [-0.15, -0.1) is 11.8 Å². The van der Waals surface area contributed by atoms with Gasteiger partial charge in [-0.1, -0.05) is 43.7 Å². The molecule has 0 aliphatic heterocycles. The van der Waals surface area contributed by atoms with E-state index >= 15 is 0 Å². The van der Waals surface area contributed by atoms with Crippen LogP contribution < -0.4 is 10.1 Å². The minimum absolute atomic E-state index is 0.00780. The summed E-state index contributed by atoms with van der Waals surface area (Å²) in [5.74, 6) is 1.34. The number of amides is 2. The summed E-state index contributed by atoms with van der Waals surface area (Å²) in [7, 11) is 1.63.